The molecule has 2 aromatic rings. The van der Waals surface area contributed by atoms with E-state index < -0.39 is 0 Å². The Morgan fingerprint density at radius 2 is 1.52 bits per heavy atom. The van der Waals surface area contributed by atoms with Crippen molar-refractivity contribution in [3.05, 3.63) is 58.1 Å². The first-order chi connectivity index (χ1) is 11.0. The average molecular weight is 313 g/mol. The van der Waals surface area contributed by atoms with Gasteiger partial charge in [0, 0.05) is 12.6 Å². The summed E-state index contributed by atoms with van der Waals surface area (Å²) in [6, 6.07) is 10.8. The smallest absolute Gasteiger partial charge is 0.161 e. The third-order valence-electron chi connectivity index (χ3n) is 4.46. The van der Waals surface area contributed by atoms with Crippen LogP contribution < -0.4 is 14.8 Å². The van der Waals surface area contributed by atoms with Gasteiger partial charge in [0.15, 0.2) is 11.5 Å². The molecule has 0 radical (unpaired) electrons. The maximum absolute atomic E-state index is 5.39. The van der Waals surface area contributed by atoms with Gasteiger partial charge in [-0.2, -0.15) is 0 Å². The van der Waals surface area contributed by atoms with Gasteiger partial charge in [-0.1, -0.05) is 18.2 Å². The molecule has 0 fully saturated rings. The minimum Gasteiger partial charge on any atom is -0.493 e. The number of methoxy groups -OCH3 is 2. The minimum atomic E-state index is 0.232. The van der Waals surface area contributed by atoms with Crippen LogP contribution in [-0.2, 0) is 6.54 Å². The molecule has 2 rings (SSSR count). The summed E-state index contributed by atoms with van der Waals surface area (Å²) in [7, 11) is 3.32. The van der Waals surface area contributed by atoms with Crippen LogP contribution in [0.1, 0.15) is 40.8 Å². The third-order valence-corrected chi connectivity index (χ3v) is 4.46. The number of rotatable bonds is 6. The molecule has 0 amide bonds. The second kappa shape index (κ2) is 7.51. The molecular weight excluding hydrogens is 286 g/mol. The van der Waals surface area contributed by atoms with Crippen LogP contribution in [0.25, 0.3) is 0 Å². The summed E-state index contributed by atoms with van der Waals surface area (Å²) in [5.74, 6) is 1.52. The monoisotopic (exact) mass is 313 g/mol. The Morgan fingerprint density at radius 3 is 2.17 bits per heavy atom. The molecule has 0 saturated heterocycles. The molecule has 0 spiro atoms. The van der Waals surface area contributed by atoms with Gasteiger partial charge in [0.25, 0.3) is 0 Å². The van der Waals surface area contributed by atoms with E-state index in [0.29, 0.717) is 0 Å². The predicted octanol–water partition coefficient (Wildman–Crippen LogP) is 4.48. The van der Waals surface area contributed by atoms with Gasteiger partial charge in [0.2, 0.25) is 0 Å². The Kier molecular flexibility index (Phi) is 5.67. The Hall–Kier alpha value is -2.00. The number of nitrogens with one attached hydrogen (secondary N) is 1. The van der Waals surface area contributed by atoms with E-state index in [4.69, 9.17) is 9.47 Å². The van der Waals surface area contributed by atoms with Gasteiger partial charge < -0.3 is 14.8 Å². The standard InChI is InChI=1S/C20H27NO2/c1-13-9-15(3)18(10-14(13)2)12-21-16(4)17-7-8-19(22-5)20(11-17)23-6/h7-11,16,21H,12H2,1-6H3. The molecule has 124 valence electrons. The summed E-state index contributed by atoms with van der Waals surface area (Å²) in [6.45, 7) is 9.51. The number of hydrogen-bond acceptors (Lipinski definition) is 3. The first kappa shape index (κ1) is 17.4. The van der Waals surface area contributed by atoms with E-state index in [1.54, 1.807) is 14.2 Å². The second-order valence-corrected chi connectivity index (χ2v) is 6.08. The van der Waals surface area contributed by atoms with E-state index in [1.165, 1.54) is 27.8 Å². The van der Waals surface area contributed by atoms with Crippen molar-refractivity contribution in [3.8, 4) is 11.5 Å². The molecule has 0 aliphatic heterocycles. The number of aryl methyl sites for hydroxylation is 3. The summed E-state index contributed by atoms with van der Waals surface area (Å²) in [5, 5.41) is 3.60. The van der Waals surface area contributed by atoms with Crippen molar-refractivity contribution in [2.24, 2.45) is 0 Å². The fraction of sp³-hybridized carbons (Fsp3) is 0.400. The van der Waals surface area contributed by atoms with Gasteiger partial charge in [0.1, 0.15) is 0 Å². The average Bonchev–Trinajstić information content (AvgIpc) is 2.55. The molecule has 3 heteroatoms. The van der Waals surface area contributed by atoms with Gasteiger partial charge in [-0.3, -0.25) is 0 Å². The minimum absolute atomic E-state index is 0.232. The molecule has 0 bridgehead atoms. The van der Waals surface area contributed by atoms with E-state index in [1.807, 2.05) is 12.1 Å². The van der Waals surface area contributed by atoms with Gasteiger partial charge in [-0.05, 0) is 67.6 Å². The summed E-state index contributed by atoms with van der Waals surface area (Å²) in [4.78, 5) is 0. The Morgan fingerprint density at radius 1 is 0.870 bits per heavy atom. The second-order valence-electron chi connectivity index (χ2n) is 6.08. The highest BCUT2D eigenvalue weighted by molar-refractivity contribution is 5.43. The van der Waals surface area contributed by atoms with Crippen molar-refractivity contribution in [2.45, 2.75) is 40.3 Å². The Labute approximate surface area is 139 Å². The van der Waals surface area contributed by atoms with Gasteiger partial charge in [0.05, 0.1) is 14.2 Å². The van der Waals surface area contributed by atoms with Crippen LogP contribution in [0, 0.1) is 20.8 Å². The van der Waals surface area contributed by atoms with E-state index in [9.17, 15) is 0 Å². The molecule has 0 heterocycles. The SMILES string of the molecule is COc1ccc(C(C)NCc2cc(C)c(C)cc2C)cc1OC. The third kappa shape index (κ3) is 4.05. The fourth-order valence-corrected chi connectivity index (χ4v) is 2.71. The lowest BCUT2D eigenvalue weighted by Crippen LogP contribution is -2.19. The first-order valence-electron chi connectivity index (χ1n) is 7.98. The summed E-state index contributed by atoms with van der Waals surface area (Å²) in [6.07, 6.45) is 0. The number of ether oxygens (including phenoxy) is 2. The highest BCUT2D eigenvalue weighted by Gasteiger charge is 2.11. The van der Waals surface area contributed by atoms with Gasteiger partial charge >= 0.3 is 0 Å². The largest absolute Gasteiger partial charge is 0.493 e. The van der Waals surface area contributed by atoms with Crippen LogP contribution in [0.4, 0.5) is 0 Å². The normalized spacial score (nSPS) is 12.1. The van der Waals surface area contributed by atoms with Crippen molar-refractivity contribution >= 4 is 0 Å². The molecule has 2 aromatic carbocycles. The van der Waals surface area contributed by atoms with E-state index in [0.717, 1.165) is 18.0 Å². The van der Waals surface area contributed by atoms with Crippen LogP contribution in [0.3, 0.4) is 0 Å². The summed E-state index contributed by atoms with van der Waals surface area (Å²) >= 11 is 0. The van der Waals surface area contributed by atoms with Crippen molar-refractivity contribution in [2.75, 3.05) is 14.2 Å². The zero-order valence-corrected chi connectivity index (χ0v) is 15.0. The fourth-order valence-electron chi connectivity index (χ4n) is 2.71. The van der Waals surface area contributed by atoms with E-state index >= 15 is 0 Å². The molecule has 1 N–H and O–H groups in total. The molecular formula is C20H27NO2. The zero-order valence-electron chi connectivity index (χ0n) is 15.0. The lowest BCUT2D eigenvalue weighted by atomic mass is 10.00. The highest BCUT2D eigenvalue weighted by atomic mass is 16.5. The Bertz CT molecular complexity index is 680. The molecule has 1 unspecified atom stereocenters. The van der Waals surface area contributed by atoms with E-state index in [2.05, 4.69) is 51.2 Å². The van der Waals surface area contributed by atoms with E-state index in [-0.39, 0.29) is 6.04 Å². The van der Waals surface area contributed by atoms with Gasteiger partial charge in [-0.25, -0.2) is 0 Å². The molecule has 0 saturated carbocycles. The first-order valence-corrected chi connectivity index (χ1v) is 7.98. The highest BCUT2D eigenvalue weighted by Crippen LogP contribution is 2.30. The van der Waals surface area contributed by atoms with Crippen LogP contribution >= 0.6 is 0 Å². The molecule has 0 aromatic heterocycles. The molecule has 23 heavy (non-hydrogen) atoms. The Balaban J connectivity index is 2.11. The van der Waals surface area contributed by atoms with Crippen LogP contribution in [-0.4, -0.2) is 14.2 Å². The number of hydrogen-bond donors (Lipinski definition) is 1. The molecule has 0 aliphatic rings. The van der Waals surface area contributed by atoms with Crippen molar-refractivity contribution < 1.29 is 9.47 Å². The topological polar surface area (TPSA) is 30.5 Å². The predicted molar refractivity (Wildman–Crippen MR) is 95.5 cm³/mol. The lowest BCUT2D eigenvalue weighted by molar-refractivity contribution is 0.354. The summed E-state index contributed by atoms with van der Waals surface area (Å²) in [5.41, 5.74) is 6.55. The van der Waals surface area contributed by atoms with Crippen LogP contribution in [0.15, 0.2) is 30.3 Å². The molecule has 0 aliphatic carbocycles. The van der Waals surface area contributed by atoms with Gasteiger partial charge in [-0.15, -0.1) is 0 Å². The molecule has 1 atom stereocenters. The number of benzene rings is 2. The zero-order chi connectivity index (χ0) is 17.0. The maximum atomic E-state index is 5.39. The lowest BCUT2D eigenvalue weighted by Gasteiger charge is -2.18. The van der Waals surface area contributed by atoms with Crippen LogP contribution in [0.5, 0.6) is 11.5 Å². The van der Waals surface area contributed by atoms with Crippen molar-refractivity contribution in [1.29, 1.82) is 0 Å². The molecule has 3 nitrogen and oxygen atoms in total. The van der Waals surface area contributed by atoms with Crippen molar-refractivity contribution in [3.63, 3.8) is 0 Å². The van der Waals surface area contributed by atoms with Crippen molar-refractivity contribution in [1.82, 2.24) is 5.32 Å². The quantitative estimate of drug-likeness (QED) is 0.853. The maximum Gasteiger partial charge on any atom is 0.161 e. The van der Waals surface area contributed by atoms with Crippen LogP contribution in [0.2, 0.25) is 0 Å². The summed E-state index contributed by atoms with van der Waals surface area (Å²) < 4.78 is 10.7.